The van der Waals surface area contributed by atoms with E-state index in [1.165, 1.54) is 0 Å². The zero-order valence-corrected chi connectivity index (χ0v) is 11.9. The van der Waals surface area contributed by atoms with Crippen LogP contribution in [-0.4, -0.2) is 13.0 Å². The van der Waals surface area contributed by atoms with E-state index in [0.29, 0.717) is 5.56 Å². The maximum atomic E-state index is 12.4. The molecule has 0 aliphatic rings. The van der Waals surface area contributed by atoms with Crippen molar-refractivity contribution in [3.05, 3.63) is 64.1 Å². The minimum Gasteiger partial charge on any atom is -0.311 e. The van der Waals surface area contributed by atoms with Crippen molar-refractivity contribution >= 4 is 27.5 Å². The predicted octanol–water partition coefficient (Wildman–Crippen LogP) is 4.03. The number of nitrogens with zero attached hydrogens (tertiary/aromatic N) is 1. The molecule has 18 heavy (non-hydrogen) atoms. The number of halogens is 1. The highest BCUT2D eigenvalue weighted by Gasteiger charge is 2.16. The number of para-hydroxylation sites is 1. The molecule has 2 aromatic carbocycles. The summed E-state index contributed by atoms with van der Waals surface area (Å²) in [6.07, 6.45) is 0. The molecule has 92 valence electrons. The van der Waals surface area contributed by atoms with Crippen LogP contribution >= 0.6 is 15.9 Å². The van der Waals surface area contributed by atoms with Gasteiger partial charge in [0.05, 0.1) is 5.56 Å². The smallest absolute Gasteiger partial charge is 0.259 e. The lowest BCUT2D eigenvalue weighted by Gasteiger charge is -2.20. The first kappa shape index (κ1) is 12.8. The molecule has 2 rings (SSSR count). The first-order valence-corrected chi connectivity index (χ1v) is 6.49. The summed E-state index contributed by atoms with van der Waals surface area (Å²) < 4.78 is 0.815. The number of benzene rings is 2. The molecule has 0 atom stereocenters. The monoisotopic (exact) mass is 303 g/mol. The van der Waals surface area contributed by atoms with Crippen molar-refractivity contribution in [2.45, 2.75) is 6.92 Å². The topological polar surface area (TPSA) is 20.3 Å². The standard InChI is InChI=1S/C15H14BrNO/c1-11-7-3-6-10-14(11)17(2)15(18)12-8-4-5-9-13(12)16/h3-10H,1-2H3. The van der Waals surface area contributed by atoms with Crippen LogP contribution in [0.15, 0.2) is 53.0 Å². The van der Waals surface area contributed by atoms with E-state index in [1.54, 1.807) is 11.9 Å². The van der Waals surface area contributed by atoms with Gasteiger partial charge in [-0.3, -0.25) is 4.79 Å². The lowest BCUT2D eigenvalue weighted by atomic mass is 10.1. The lowest BCUT2D eigenvalue weighted by molar-refractivity contribution is 0.0992. The Balaban J connectivity index is 2.36. The van der Waals surface area contributed by atoms with Crippen molar-refractivity contribution in [1.29, 1.82) is 0 Å². The van der Waals surface area contributed by atoms with Crippen molar-refractivity contribution < 1.29 is 4.79 Å². The Morgan fingerprint density at radius 3 is 2.33 bits per heavy atom. The average molecular weight is 304 g/mol. The predicted molar refractivity (Wildman–Crippen MR) is 78.1 cm³/mol. The minimum absolute atomic E-state index is 0.0169. The van der Waals surface area contributed by atoms with E-state index in [0.717, 1.165) is 15.7 Å². The van der Waals surface area contributed by atoms with E-state index in [4.69, 9.17) is 0 Å². The van der Waals surface area contributed by atoms with Crippen LogP contribution in [0.2, 0.25) is 0 Å². The van der Waals surface area contributed by atoms with Crippen LogP contribution in [0.1, 0.15) is 15.9 Å². The quantitative estimate of drug-likeness (QED) is 0.820. The normalized spacial score (nSPS) is 10.2. The minimum atomic E-state index is -0.0169. The average Bonchev–Trinajstić information content (AvgIpc) is 2.38. The van der Waals surface area contributed by atoms with Crippen LogP contribution < -0.4 is 4.90 Å². The number of hydrogen-bond acceptors (Lipinski definition) is 1. The van der Waals surface area contributed by atoms with Gasteiger partial charge in [-0.2, -0.15) is 0 Å². The largest absolute Gasteiger partial charge is 0.311 e. The summed E-state index contributed by atoms with van der Waals surface area (Å²) >= 11 is 3.41. The summed E-state index contributed by atoms with van der Waals surface area (Å²) in [5, 5.41) is 0. The Bertz CT molecular complexity index is 580. The summed E-state index contributed by atoms with van der Waals surface area (Å²) in [5.74, 6) is -0.0169. The molecule has 0 aliphatic carbocycles. The van der Waals surface area contributed by atoms with Crippen LogP contribution in [0, 0.1) is 6.92 Å². The van der Waals surface area contributed by atoms with E-state index in [-0.39, 0.29) is 5.91 Å². The second-order valence-electron chi connectivity index (χ2n) is 4.13. The van der Waals surface area contributed by atoms with Gasteiger partial charge in [0.25, 0.3) is 5.91 Å². The third kappa shape index (κ3) is 2.46. The van der Waals surface area contributed by atoms with Gasteiger partial charge in [0.2, 0.25) is 0 Å². The van der Waals surface area contributed by atoms with Gasteiger partial charge >= 0.3 is 0 Å². The summed E-state index contributed by atoms with van der Waals surface area (Å²) in [6, 6.07) is 15.3. The molecule has 2 aromatic rings. The Labute approximate surface area is 115 Å². The third-order valence-corrected chi connectivity index (χ3v) is 3.58. The summed E-state index contributed by atoms with van der Waals surface area (Å²) in [5.41, 5.74) is 2.68. The number of rotatable bonds is 2. The molecule has 3 heteroatoms. The molecule has 0 heterocycles. The molecule has 0 saturated heterocycles. The van der Waals surface area contributed by atoms with E-state index in [1.807, 2.05) is 55.5 Å². The van der Waals surface area contributed by atoms with E-state index >= 15 is 0 Å². The molecule has 0 bridgehead atoms. The van der Waals surface area contributed by atoms with Crippen molar-refractivity contribution in [3.63, 3.8) is 0 Å². The molecule has 0 spiro atoms. The van der Waals surface area contributed by atoms with E-state index in [2.05, 4.69) is 15.9 Å². The molecule has 0 aromatic heterocycles. The van der Waals surface area contributed by atoms with Gasteiger partial charge in [-0.05, 0) is 46.6 Å². The highest BCUT2D eigenvalue weighted by molar-refractivity contribution is 9.10. The maximum absolute atomic E-state index is 12.4. The number of carbonyl (C=O) groups is 1. The highest BCUT2D eigenvalue weighted by atomic mass is 79.9. The third-order valence-electron chi connectivity index (χ3n) is 2.89. The van der Waals surface area contributed by atoms with Gasteiger partial charge in [-0.1, -0.05) is 30.3 Å². The zero-order chi connectivity index (χ0) is 13.1. The summed E-state index contributed by atoms with van der Waals surface area (Å²) in [6.45, 7) is 2.00. The molecule has 0 radical (unpaired) electrons. The van der Waals surface area contributed by atoms with Crippen molar-refractivity contribution in [2.24, 2.45) is 0 Å². The Kier molecular flexibility index (Phi) is 3.82. The van der Waals surface area contributed by atoms with Gasteiger partial charge in [-0.15, -0.1) is 0 Å². The first-order chi connectivity index (χ1) is 8.61. The van der Waals surface area contributed by atoms with Crippen LogP contribution in [0.3, 0.4) is 0 Å². The number of anilines is 1. The molecule has 2 nitrogen and oxygen atoms in total. The Hall–Kier alpha value is -1.61. The van der Waals surface area contributed by atoms with Gasteiger partial charge in [0.1, 0.15) is 0 Å². The van der Waals surface area contributed by atoms with Crippen LogP contribution in [-0.2, 0) is 0 Å². The summed E-state index contributed by atoms with van der Waals surface area (Å²) in [4.78, 5) is 14.1. The molecule has 0 unspecified atom stereocenters. The molecular weight excluding hydrogens is 290 g/mol. The SMILES string of the molecule is Cc1ccccc1N(C)C(=O)c1ccccc1Br. The van der Waals surface area contributed by atoms with E-state index in [9.17, 15) is 4.79 Å². The number of hydrogen-bond donors (Lipinski definition) is 0. The van der Waals surface area contributed by atoms with Crippen LogP contribution in [0.5, 0.6) is 0 Å². The van der Waals surface area contributed by atoms with Crippen molar-refractivity contribution in [2.75, 3.05) is 11.9 Å². The molecule has 1 amide bonds. The van der Waals surface area contributed by atoms with Crippen LogP contribution in [0.4, 0.5) is 5.69 Å². The Morgan fingerprint density at radius 1 is 1.06 bits per heavy atom. The zero-order valence-electron chi connectivity index (χ0n) is 10.4. The summed E-state index contributed by atoms with van der Waals surface area (Å²) in [7, 11) is 1.80. The number of aryl methyl sites for hydroxylation is 1. The van der Waals surface area contributed by atoms with Gasteiger partial charge in [-0.25, -0.2) is 0 Å². The molecule has 0 fully saturated rings. The molecule has 0 aliphatic heterocycles. The second kappa shape index (κ2) is 5.36. The fraction of sp³-hybridized carbons (Fsp3) is 0.133. The van der Waals surface area contributed by atoms with E-state index < -0.39 is 0 Å². The van der Waals surface area contributed by atoms with Crippen LogP contribution in [0.25, 0.3) is 0 Å². The molecule has 0 saturated carbocycles. The fourth-order valence-electron chi connectivity index (χ4n) is 1.86. The fourth-order valence-corrected chi connectivity index (χ4v) is 2.32. The first-order valence-electron chi connectivity index (χ1n) is 5.69. The second-order valence-corrected chi connectivity index (χ2v) is 4.98. The number of carbonyl (C=O) groups excluding carboxylic acids is 1. The maximum Gasteiger partial charge on any atom is 0.259 e. The Morgan fingerprint density at radius 2 is 1.67 bits per heavy atom. The molecular formula is C15H14BrNO. The lowest BCUT2D eigenvalue weighted by Crippen LogP contribution is -2.27. The van der Waals surface area contributed by atoms with Gasteiger partial charge < -0.3 is 4.90 Å². The van der Waals surface area contributed by atoms with Crippen molar-refractivity contribution in [1.82, 2.24) is 0 Å². The molecule has 0 N–H and O–H groups in total. The van der Waals surface area contributed by atoms with Gasteiger partial charge in [0.15, 0.2) is 0 Å². The van der Waals surface area contributed by atoms with Gasteiger partial charge in [0, 0.05) is 17.2 Å². The van der Waals surface area contributed by atoms with Crippen molar-refractivity contribution in [3.8, 4) is 0 Å². The number of amides is 1. The highest BCUT2D eigenvalue weighted by Crippen LogP contribution is 2.23.